The summed E-state index contributed by atoms with van der Waals surface area (Å²) in [6.45, 7) is 5.04. The molecule has 0 heterocycles. The standard InChI is InChI=1S/C13H17F2N/c1-8(2)7-16-12-6-3-9-10(14)4-5-11(15)13(9)12/h4-5,8,12,16H,3,6-7H2,1-2H3. The lowest BCUT2D eigenvalue weighted by molar-refractivity contribution is 0.458. The molecule has 3 heteroatoms. The average Bonchev–Trinajstić information content (AvgIpc) is 2.65. The van der Waals surface area contributed by atoms with Crippen molar-refractivity contribution in [3.63, 3.8) is 0 Å². The Balaban J connectivity index is 2.22. The van der Waals surface area contributed by atoms with Gasteiger partial charge in [-0.25, -0.2) is 8.78 Å². The fraction of sp³-hybridized carbons (Fsp3) is 0.538. The van der Waals surface area contributed by atoms with E-state index in [1.807, 2.05) is 0 Å². The van der Waals surface area contributed by atoms with Crippen LogP contribution in [0, 0.1) is 17.6 Å². The summed E-state index contributed by atoms with van der Waals surface area (Å²) < 4.78 is 27.1. The molecule has 1 aliphatic carbocycles. The van der Waals surface area contributed by atoms with Crippen molar-refractivity contribution in [1.82, 2.24) is 5.32 Å². The van der Waals surface area contributed by atoms with E-state index in [0.717, 1.165) is 13.0 Å². The van der Waals surface area contributed by atoms with Crippen LogP contribution in [0.2, 0.25) is 0 Å². The van der Waals surface area contributed by atoms with Crippen molar-refractivity contribution in [3.05, 3.63) is 34.9 Å². The van der Waals surface area contributed by atoms with Crippen LogP contribution in [0.15, 0.2) is 12.1 Å². The van der Waals surface area contributed by atoms with Crippen LogP contribution >= 0.6 is 0 Å². The highest BCUT2D eigenvalue weighted by molar-refractivity contribution is 5.36. The molecule has 88 valence electrons. The molecule has 0 bridgehead atoms. The fourth-order valence-corrected chi connectivity index (χ4v) is 2.26. The summed E-state index contributed by atoms with van der Waals surface area (Å²) >= 11 is 0. The molecule has 2 rings (SSSR count). The zero-order valence-electron chi connectivity index (χ0n) is 9.69. The summed E-state index contributed by atoms with van der Waals surface area (Å²) in [5.41, 5.74) is 1.10. The Labute approximate surface area is 94.9 Å². The first-order valence-electron chi connectivity index (χ1n) is 5.79. The first-order chi connectivity index (χ1) is 7.59. The Kier molecular flexibility index (Phi) is 3.24. The number of hydrogen-bond acceptors (Lipinski definition) is 1. The third-order valence-electron chi connectivity index (χ3n) is 3.05. The van der Waals surface area contributed by atoms with Crippen molar-refractivity contribution in [1.29, 1.82) is 0 Å². The van der Waals surface area contributed by atoms with Crippen LogP contribution in [0.25, 0.3) is 0 Å². The third-order valence-corrected chi connectivity index (χ3v) is 3.05. The molecule has 0 saturated heterocycles. The normalized spacial score (nSPS) is 19.2. The van der Waals surface area contributed by atoms with Gasteiger partial charge in [0.1, 0.15) is 11.6 Å². The smallest absolute Gasteiger partial charge is 0.128 e. The minimum atomic E-state index is -0.282. The topological polar surface area (TPSA) is 12.0 Å². The van der Waals surface area contributed by atoms with Crippen molar-refractivity contribution in [2.75, 3.05) is 6.54 Å². The molecular weight excluding hydrogens is 208 g/mol. The van der Waals surface area contributed by atoms with E-state index in [-0.39, 0.29) is 17.7 Å². The minimum absolute atomic E-state index is 0.0203. The molecule has 1 aliphatic rings. The highest BCUT2D eigenvalue weighted by Gasteiger charge is 2.27. The monoisotopic (exact) mass is 225 g/mol. The highest BCUT2D eigenvalue weighted by Crippen LogP contribution is 2.34. The van der Waals surface area contributed by atoms with Crippen LogP contribution in [0.3, 0.4) is 0 Å². The molecule has 0 aliphatic heterocycles. The second-order valence-electron chi connectivity index (χ2n) is 4.81. The number of benzene rings is 1. The molecule has 0 radical (unpaired) electrons. The Hall–Kier alpha value is -0.960. The van der Waals surface area contributed by atoms with Gasteiger partial charge in [-0.15, -0.1) is 0 Å². The molecule has 0 fully saturated rings. The van der Waals surface area contributed by atoms with Crippen LogP contribution < -0.4 is 5.32 Å². The minimum Gasteiger partial charge on any atom is -0.310 e. The van der Waals surface area contributed by atoms with Crippen molar-refractivity contribution >= 4 is 0 Å². The van der Waals surface area contributed by atoms with E-state index in [0.29, 0.717) is 23.5 Å². The zero-order chi connectivity index (χ0) is 11.7. The first-order valence-corrected chi connectivity index (χ1v) is 5.79. The van der Waals surface area contributed by atoms with Crippen LogP contribution in [-0.2, 0) is 6.42 Å². The van der Waals surface area contributed by atoms with Gasteiger partial charge in [-0.3, -0.25) is 0 Å². The Morgan fingerprint density at radius 1 is 1.31 bits per heavy atom. The van der Waals surface area contributed by atoms with E-state index >= 15 is 0 Å². The summed E-state index contributed by atoms with van der Waals surface area (Å²) in [6.07, 6.45) is 1.43. The number of hydrogen-bond donors (Lipinski definition) is 1. The maximum absolute atomic E-state index is 13.6. The molecule has 0 spiro atoms. The van der Waals surface area contributed by atoms with Crippen LogP contribution in [0.4, 0.5) is 8.78 Å². The van der Waals surface area contributed by atoms with Crippen molar-refractivity contribution in [2.45, 2.75) is 32.7 Å². The molecule has 1 aromatic carbocycles. The van der Waals surface area contributed by atoms with Gasteiger partial charge in [0.15, 0.2) is 0 Å². The zero-order valence-corrected chi connectivity index (χ0v) is 9.69. The molecule has 0 aromatic heterocycles. The maximum atomic E-state index is 13.6. The predicted molar refractivity (Wildman–Crippen MR) is 60.3 cm³/mol. The van der Waals surface area contributed by atoms with Crippen molar-refractivity contribution < 1.29 is 8.78 Å². The molecule has 1 atom stereocenters. The van der Waals surface area contributed by atoms with E-state index in [4.69, 9.17) is 0 Å². The summed E-state index contributed by atoms with van der Waals surface area (Å²) in [6, 6.07) is 2.43. The second-order valence-corrected chi connectivity index (χ2v) is 4.81. The highest BCUT2D eigenvalue weighted by atomic mass is 19.1. The van der Waals surface area contributed by atoms with E-state index in [1.165, 1.54) is 12.1 Å². The van der Waals surface area contributed by atoms with E-state index in [2.05, 4.69) is 19.2 Å². The van der Waals surface area contributed by atoms with Crippen LogP contribution in [-0.4, -0.2) is 6.54 Å². The SMILES string of the molecule is CC(C)CNC1CCc2c(F)ccc(F)c21. The molecular formula is C13H17F2N. The van der Waals surface area contributed by atoms with E-state index < -0.39 is 0 Å². The third kappa shape index (κ3) is 2.09. The van der Waals surface area contributed by atoms with Crippen LogP contribution in [0.5, 0.6) is 0 Å². The summed E-state index contributed by atoms with van der Waals surface area (Å²) in [5, 5.41) is 3.30. The first kappa shape index (κ1) is 11.5. The predicted octanol–water partition coefficient (Wildman–Crippen LogP) is 3.20. The maximum Gasteiger partial charge on any atom is 0.128 e. The van der Waals surface area contributed by atoms with Crippen molar-refractivity contribution in [3.8, 4) is 0 Å². The van der Waals surface area contributed by atoms with Gasteiger partial charge in [-0.05, 0) is 43.0 Å². The van der Waals surface area contributed by atoms with Gasteiger partial charge in [0.25, 0.3) is 0 Å². The number of fused-ring (bicyclic) bond motifs is 1. The Morgan fingerprint density at radius 3 is 2.69 bits per heavy atom. The van der Waals surface area contributed by atoms with Gasteiger partial charge < -0.3 is 5.32 Å². The molecule has 1 unspecified atom stereocenters. The molecule has 16 heavy (non-hydrogen) atoms. The van der Waals surface area contributed by atoms with Gasteiger partial charge in [0, 0.05) is 11.6 Å². The largest absolute Gasteiger partial charge is 0.310 e. The summed E-state index contributed by atoms with van der Waals surface area (Å²) in [5.74, 6) is -0.0407. The van der Waals surface area contributed by atoms with E-state index in [1.54, 1.807) is 0 Å². The molecule has 0 amide bonds. The lowest BCUT2D eigenvalue weighted by Gasteiger charge is -2.16. The quantitative estimate of drug-likeness (QED) is 0.833. The molecule has 0 saturated carbocycles. The average molecular weight is 225 g/mol. The Bertz CT molecular complexity index is 388. The van der Waals surface area contributed by atoms with E-state index in [9.17, 15) is 8.78 Å². The summed E-state index contributed by atoms with van der Waals surface area (Å²) in [4.78, 5) is 0. The lowest BCUT2D eigenvalue weighted by atomic mass is 10.1. The van der Waals surface area contributed by atoms with Crippen molar-refractivity contribution in [2.24, 2.45) is 5.92 Å². The lowest BCUT2D eigenvalue weighted by Crippen LogP contribution is -2.24. The summed E-state index contributed by atoms with van der Waals surface area (Å²) in [7, 11) is 0. The molecule has 1 aromatic rings. The van der Waals surface area contributed by atoms with Gasteiger partial charge in [-0.2, -0.15) is 0 Å². The number of halogens is 2. The van der Waals surface area contributed by atoms with Gasteiger partial charge >= 0.3 is 0 Å². The second kappa shape index (κ2) is 4.50. The Morgan fingerprint density at radius 2 is 2.00 bits per heavy atom. The molecule has 1 N–H and O–H groups in total. The fourth-order valence-electron chi connectivity index (χ4n) is 2.26. The van der Waals surface area contributed by atoms with Gasteiger partial charge in [-0.1, -0.05) is 13.8 Å². The van der Waals surface area contributed by atoms with Crippen LogP contribution in [0.1, 0.15) is 37.4 Å². The number of nitrogens with one attached hydrogen (secondary N) is 1. The number of rotatable bonds is 3. The molecule has 1 nitrogen and oxygen atoms in total. The van der Waals surface area contributed by atoms with Gasteiger partial charge in [0.05, 0.1) is 0 Å². The van der Waals surface area contributed by atoms with Gasteiger partial charge in [0.2, 0.25) is 0 Å².